The first-order chi connectivity index (χ1) is 7.63. The van der Waals surface area contributed by atoms with Crippen LogP contribution in [0.25, 0.3) is 0 Å². The minimum atomic E-state index is -0.786. The molecule has 0 aliphatic carbocycles. The zero-order valence-electron chi connectivity index (χ0n) is 9.48. The Morgan fingerprint density at radius 3 is 2.75 bits per heavy atom. The van der Waals surface area contributed by atoms with Crippen molar-refractivity contribution in [2.75, 3.05) is 13.1 Å². The number of carboxylic acid groups (broad SMARTS) is 1. The van der Waals surface area contributed by atoms with Gasteiger partial charge in [-0.15, -0.1) is 0 Å². The van der Waals surface area contributed by atoms with Crippen LogP contribution in [0, 0.1) is 0 Å². The Hall–Kier alpha value is -1.29. The fraction of sp³-hybridized carbons (Fsp3) is 0.583. The summed E-state index contributed by atoms with van der Waals surface area (Å²) in [5.74, 6) is -0.0393. The maximum Gasteiger partial charge on any atom is 0.305 e. The Kier molecular flexibility index (Phi) is 3.01. The van der Waals surface area contributed by atoms with Crippen LogP contribution in [0.5, 0.6) is 0 Å². The van der Waals surface area contributed by atoms with Crippen molar-refractivity contribution in [3.63, 3.8) is 0 Å². The number of carbonyl (C=O) groups is 1. The summed E-state index contributed by atoms with van der Waals surface area (Å²) >= 11 is 0. The molecular weight excluding hydrogens is 206 g/mol. The smallest absolute Gasteiger partial charge is 0.305 e. The Morgan fingerprint density at radius 2 is 2.25 bits per heavy atom. The van der Waals surface area contributed by atoms with E-state index in [0.29, 0.717) is 0 Å². The van der Waals surface area contributed by atoms with Gasteiger partial charge in [0.1, 0.15) is 5.76 Å². The highest BCUT2D eigenvalue weighted by atomic mass is 16.4. The average molecular weight is 223 g/mol. The van der Waals surface area contributed by atoms with Crippen LogP contribution in [-0.4, -0.2) is 29.1 Å². The molecule has 0 saturated carbocycles. The second-order valence-electron chi connectivity index (χ2n) is 4.52. The molecule has 4 nitrogen and oxygen atoms in total. The zero-order chi connectivity index (χ0) is 11.6. The standard InChI is InChI=1S/C12H17NO3/c1-12(9-11(14)15,10-5-4-8-16-10)13-6-2-3-7-13/h4-5,8H,2-3,6-7,9H2,1H3,(H,14,15). The van der Waals surface area contributed by atoms with Gasteiger partial charge in [0.25, 0.3) is 0 Å². The van der Waals surface area contributed by atoms with Crippen LogP contribution in [-0.2, 0) is 10.3 Å². The molecule has 4 heteroatoms. The van der Waals surface area contributed by atoms with Crippen molar-refractivity contribution >= 4 is 5.97 Å². The Morgan fingerprint density at radius 1 is 1.56 bits per heavy atom. The average Bonchev–Trinajstić information content (AvgIpc) is 2.91. The van der Waals surface area contributed by atoms with Crippen molar-refractivity contribution in [3.05, 3.63) is 24.2 Å². The normalized spacial score (nSPS) is 20.8. The van der Waals surface area contributed by atoms with E-state index in [9.17, 15) is 4.79 Å². The number of carboxylic acids is 1. The summed E-state index contributed by atoms with van der Waals surface area (Å²) in [6, 6.07) is 3.67. The van der Waals surface area contributed by atoms with Crippen molar-refractivity contribution in [3.8, 4) is 0 Å². The van der Waals surface area contributed by atoms with Gasteiger partial charge in [0.15, 0.2) is 0 Å². The summed E-state index contributed by atoms with van der Waals surface area (Å²) in [5, 5.41) is 9.04. The first-order valence-corrected chi connectivity index (χ1v) is 5.64. The van der Waals surface area contributed by atoms with Gasteiger partial charge in [0.2, 0.25) is 0 Å². The minimum absolute atomic E-state index is 0.0838. The largest absolute Gasteiger partial charge is 0.481 e. The van der Waals surface area contributed by atoms with E-state index in [0.717, 1.165) is 31.7 Å². The van der Waals surface area contributed by atoms with E-state index in [1.54, 1.807) is 6.26 Å². The maximum absolute atomic E-state index is 11.0. The van der Waals surface area contributed by atoms with Crippen molar-refractivity contribution in [1.82, 2.24) is 4.90 Å². The van der Waals surface area contributed by atoms with Gasteiger partial charge in [-0.2, -0.15) is 0 Å². The highest BCUT2D eigenvalue weighted by Gasteiger charge is 2.39. The molecule has 16 heavy (non-hydrogen) atoms. The van der Waals surface area contributed by atoms with Gasteiger partial charge in [-0.25, -0.2) is 0 Å². The molecule has 0 radical (unpaired) electrons. The monoisotopic (exact) mass is 223 g/mol. The van der Waals surface area contributed by atoms with Crippen LogP contribution >= 0.6 is 0 Å². The molecule has 88 valence electrons. The van der Waals surface area contributed by atoms with Crippen molar-refractivity contribution in [1.29, 1.82) is 0 Å². The van der Waals surface area contributed by atoms with Crippen LogP contribution in [0.3, 0.4) is 0 Å². The van der Waals surface area contributed by atoms with E-state index >= 15 is 0 Å². The molecule has 0 bridgehead atoms. The lowest BCUT2D eigenvalue weighted by Gasteiger charge is -2.35. The number of furan rings is 1. The Bertz CT molecular complexity index is 354. The first-order valence-electron chi connectivity index (χ1n) is 5.64. The molecule has 1 aromatic rings. The summed E-state index contributed by atoms with van der Waals surface area (Å²) in [6.07, 6.45) is 3.96. The Balaban J connectivity index is 2.27. The van der Waals surface area contributed by atoms with E-state index in [-0.39, 0.29) is 6.42 Å². The maximum atomic E-state index is 11.0. The van der Waals surface area contributed by atoms with Gasteiger partial charge in [-0.3, -0.25) is 9.69 Å². The zero-order valence-corrected chi connectivity index (χ0v) is 9.48. The SMILES string of the molecule is CC(CC(=O)O)(c1ccco1)N1CCCC1. The first kappa shape index (κ1) is 11.2. The number of rotatable bonds is 4. The molecule has 1 atom stereocenters. The topological polar surface area (TPSA) is 53.7 Å². The highest BCUT2D eigenvalue weighted by molar-refractivity contribution is 5.68. The molecule has 0 spiro atoms. The van der Waals surface area contributed by atoms with Crippen LogP contribution in [0.4, 0.5) is 0 Å². The van der Waals surface area contributed by atoms with E-state index in [1.807, 2.05) is 19.1 Å². The third-order valence-corrected chi connectivity index (χ3v) is 3.35. The quantitative estimate of drug-likeness (QED) is 0.849. The van der Waals surface area contributed by atoms with Gasteiger partial charge < -0.3 is 9.52 Å². The molecule has 0 aromatic carbocycles. The highest BCUT2D eigenvalue weighted by Crippen LogP contribution is 2.34. The Labute approximate surface area is 94.9 Å². The predicted molar refractivity (Wildman–Crippen MR) is 59.1 cm³/mol. The van der Waals surface area contributed by atoms with Crippen LogP contribution in [0.2, 0.25) is 0 Å². The third-order valence-electron chi connectivity index (χ3n) is 3.35. The van der Waals surface area contributed by atoms with Gasteiger partial charge in [0, 0.05) is 0 Å². The summed E-state index contributed by atoms with van der Waals surface area (Å²) in [4.78, 5) is 13.2. The minimum Gasteiger partial charge on any atom is -0.481 e. The number of likely N-dealkylation sites (tertiary alicyclic amines) is 1. The van der Waals surface area contributed by atoms with Gasteiger partial charge in [-0.05, 0) is 45.0 Å². The number of aliphatic carboxylic acids is 1. The number of nitrogens with zero attached hydrogens (tertiary/aromatic N) is 1. The fourth-order valence-electron chi connectivity index (χ4n) is 2.44. The summed E-state index contributed by atoms with van der Waals surface area (Å²) in [7, 11) is 0. The van der Waals surface area contributed by atoms with Gasteiger partial charge in [0.05, 0.1) is 18.2 Å². The van der Waals surface area contributed by atoms with Crippen molar-refractivity contribution in [2.45, 2.75) is 31.7 Å². The molecule has 0 amide bonds. The van der Waals surface area contributed by atoms with E-state index in [1.165, 1.54) is 0 Å². The molecule has 1 aromatic heterocycles. The van der Waals surface area contributed by atoms with E-state index in [2.05, 4.69) is 4.90 Å². The summed E-state index contributed by atoms with van der Waals surface area (Å²) in [6.45, 7) is 3.85. The molecule has 1 aliphatic heterocycles. The number of hydrogen-bond acceptors (Lipinski definition) is 3. The van der Waals surface area contributed by atoms with E-state index in [4.69, 9.17) is 9.52 Å². The van der Waals surface area contributed by atoms with Gasteiger partial charge >= 0.3 is 5.97 Å². The fourth-order valence-corrected chi connectivity index (χ4v) is 2.44. The lowest BCUT2D eigenvalue weighted by Crippen LogP contribution is -2.43. The lowest BCUT2D eigenvalue weighted by molar-refractivity contribution is -0.140. The molecular formula is C12H17NO3. The van der Waals surface area contributed by atoms with Crippen molar-refractivity contribution < 1.29 is 14.3 Å². The second-order valence-corrected chi connectivity index (χ2v) is 4.52. The van der Waals surface area contributed by atoms with Crippen LogP contribution < -0.4 is 0 Å². The van der Waals surface area contributed by atoms with Crippen molar-refractivity contribution in [2.24, 2.45) is 0 Å². The molecule has 1 unspecified atom stereocenters. The second kappa shape index (κ2) is 4.29. The molecule has 1 fully saturated rings. The van der Waals surface area contributed by atoms with Gasteiger partial charge in [-0.1, -0.05) is 0 Å². The molecule has 2 heterocycles. The summed E-state index contributed by atoms with van der Waals surface area (Å²) in [5.41, 5.74) is -0.508. The molecule has 1 N–H and O–H groups in total. The van der Waals surface area contributed by atoms with Crippen LogP contribution in [0.15, 0.2) is 22.8 Å². The molecule has 1 saturated heterocycles. The summed E-state index contributed by atoms with van der Waals surface area (Å²) < 4.78 is 5.41. The van der Waals surface area contributed by atoms with Crippen LogP contribution in [0.1, 0.15) is 31.9 Å². The molecule has 1 aliphatic rings. The third kappa shape index (κ3) is 1.97. The lowest BCUT2D eigenvalue weighted by atomic mass is 9.92. The van der Waals surface area contributed by atoms with E-state index < -0.39 is 11.5 Å². The number of hydrogen-bond donors (Lipinski definition) is 1. The predicted octanol–water partition coefficient (Wildman–Crippen LogP) is 2.07. The molecule has 2 rings (SSSR count).